The molecular weight excluding hydrogens is 238 g/mol. The summed E-state index contributed by atoms with van der Waals surface area (Å²) >= 11 is 1.54. The zero-order chi connectivity index (χ0) is 12.3. The van der Waals surface area contributed by atoms with E-state index in [0.29, 0.717) is 13.0 Å². The Bertz CT molecular complexity index is 439. The highest BCUT2D eigenvalue weighted by molar-refractivity contribution is 7.10. The van der Waals surface area contributed by atoms with Crippen molar-refractivity contribution in [1.29, 1.82) is 0 Å². The van der Waals surface area contributed by atoms with Gasteiger partial charge in [0.2, 0.25) is 5.91 Å². The van der Waals surface area contributed by atoms with Gasteiger partial charge in [-0.05, 0) is 30.4 Å². The Balaban J connectivity index is 2.02. The number of rotatable bonds is 3. The summed E-state index contributed by atoms with van der Waals surface area (Å²) in [6.45, 7) is 0.532. The summed E-state index contributed by atoms with van der Waals surface area (Å²) < 4.78 is 0. The molecule has 0 bridgehead atoms. The van der Waals surface area contributed by atoms with E-state index in [0.717, 1.165) is 11.3 Å². The highest BCUT2D eigenvalue weighted by Crippen LogP contribution is 2.18. The molecule has 1 fully saturated rings. The van der Waals surface area contributed by atoms with E-state index in [-0.39, 0.29) is 5.91 Å². The van der Waals surface area contributed by atoms with Gasteiger partial charge in [0.1, 0.15) is 6.04 Å². The van der Waals surface area contributed by atoms with Gasteiger partial charge in [-0.2, -0.15) is 0 Å². The molecule has 0 spiro atoms. The quantitative estimate of drug-likeness (QED) is 0.834. The first-order chi connectivity index (χ1) is 8.18. The highest BCUT2D eigenvalue weighted by atomic mass is 32.1. The lowest BCUT2D eigenvalue weighted by Crippen LogP contribution is -2.39. The molecule has 1 N–H and O–H groups in total. The predicted octanol–water partition coefficient (Wildman–Crippen LogP) is 1.84. The number of hydrogen-bond donors (Lipinski definition) is 1. The van der Waals surface area contributed by atoms with Crippen molar-refractivity contribution in [2.75, 3.05) is 6.54 Å². The molecular formula is C12H13NO3S. The molecule has 5 heteroatoms. The van der Waals surface area contributed by atoms with Gasteiger partial charge in [-0.15, -0.1) is 11.3 Å². The smallest absolute Gasteiger partial charge is 0.326 e. The van der Waals surface area contributed by atoms with Crippen LogP contribution in [0.15, 0.2) is 23.6 Å². The monoisotopic (exact) mass is 251 g/mol. The molecule has 0 aliphatic carbocycles. The summed E-state index contributed by atoms with van der Waals surface area (Å²) in [5.41, 5.74) is 0. The number of carbonyl (C=O) groups is 2. The second kappa shape index (κ2) is 5.14. The number of thiophene rings is 1. The first kappa shape index (κ1) is 11.9. The van der Waals surface area contributed by atoms with E-state index in [4.69, 9.17) is 5.11 Å². The Morgan fingerprint density at radius 1 is 1.53 bits per heavy atom. The van der Waals surface area contributed by atoms with Crippen molar-refractivity contribution in [3.05, 3.63) is 28.5 Å². The Kier molecular flexibility index (Phi) is 3.58. The molecule has 90 valence electrons. The molecule has 17 heavy (non-hydrogen) atoms. The maximum Gasteiger partial charge on any atom is 0.326 e. The number of likely N-dealkylation sites (tertiary alicyclic amines) is 1. The van der Waals surface area contributed by atoms with Gasteiger partial charge < -0.3 is 10.0 Å². The molecule has 2 rings (SSSR count). The van der Waals surface area contributed by atoms with E-state index >= 15 is 0 Å². The summed E-state index contributed by atoms with van der Waals surface area (Å²) in [4.78, 5) is 25.2. The molecule has 0 saturated carbocycles. The lowest BCUT2D eigenvalue weighted by atomic mass is 10.2. The van der Waals surface area contributed by atoms with E-state index in [1.54, 1.807) is 17.4 Å². The SMILES string of the molecule is O=C(O)[C@H]1CCCN1C(=O)/C=C/c1cccs1. The molecule has 0 aromatic carbocycles. The Labute approximate surface area is 103 Å². The van der Waals surface area contributed by atoms with Gasteiger partial charge in [-0.25, -0.2) is 4.79 Å². The number of nitrogens with zero attached hydrogens (tertiary/aromatic N) is 1. The van der Waals surface area contributed by atoms with Crippen LogP contribution in [0.25, 0.3) is 6.08 Å². The van der Waals surface area contributed by atoms with E-state index in [9.17, 15) is 9.59 Å². The van der Waals surface area contributed by atoms with Gasteiger partial charge in [0.05, 0.1) is 0 Å². The van der Waals surface area contributed by atoms with Crippen molar-refractivity contribution in [2.24, 2.45) is 0 Å². The molecule has 4 nitrogen and oxygen atoms in total. The van der Waals surface area contributed by atoms with Crippen LogP contribution in [0.2, 0.25) is 0 Å². The second-order valence-electron chi connectivity index (χ2n) is 3.88. The van der Waals surface area contributed by atoms with E-state index in [1.165, 1.54) is 11.0 Å². The van der Waals surface area contributed by atoms with Crippen molar-refractivity contribution < 1.29 is 14.7 Å². The van der Waals surface area contributed by atoms with Crippen LogP contribution >= 0.6 is 11.3 Å². The third-order valence-electron chi connectivity index (χ3n) is 2.75. The third-order valence-corrected chi connectivity index (χ3v) is 3.59. The highest BCUT2D eigenvalue weighted by Gasteiger charge is 2.32. The standard InChI is InChI=1S/C12H13NO3S/c14-11(6-5-9-3-2-8-17-9)13-7-1-4-10(13)12(15)16/h2-3,5-6,8,10H,1,4,7H2,(H,15,16)/b6-5+/t10-/m1/s1. The number of carboxylic acids is 1. The van der Waals surface area contributed by atoms with Crippen LogP contribution in [0.4, 0.5) is 0 Å². The second-order valence-corrected chi connectivity index (χ2v) is 4.86. The fourth-order valence-corrected chi connectivity index (χ4v) is 2.54. The normalized spacial score (nSPS) is 20.0. The van der Waals surface area contributed by atoms with Crippen molar-refractivity contribution in [2.45, 2.75) is 18.9 Å². The van der Waals surface area contributed by atoms with Crippen molar-refractivity contribution in [3.8, 4) is 0 Å². The first-order valence-electron chi connectivity index (χ1n) is 5.43. The molecule has 1 saturated heterocycles. The fraction of sp³-hybridized carbons (Fsp3) is 0.333. The number of carboxylic acid groups (broad SMARTS) is 1. The van der Waals surface area contributed by atoms with Gasteiger partial charge in [-0.1, -0.05) is 6.07 Å². The summed E-state index contributed by atoms with van der Waals surface area (Å²) in [7, 11) is 0. The van der Waals surface area contributed by atoms with Crippen LogP contribution in [0, 0.1) is 0 Å². The summed E-state index contributed by atoms with van der Waals surface area (Å²) in [6, 6.07) is 3.16. The van der Waals surface area contributed by atoms with E-state index in [2.05, 4.69) is 0 Å². The molecule has 2 heterocycles. The van der Waals surface area contributed by atoms with E-state index in [1.807, 2.05) is 17.5 Å². The topological polar surface area (TPSA) is 57.6 Å². The third kappa shape index (κ3) is 2.74. The number of carbonyl (C=O) groups excluding carboxylic acids is 1. The minimum Gasteiger partial charge on any atom is -0.480 e. The van der Waals surface area contributed by atoms with Crippen molar-refractivity contribution in [3.63, 3.8) is 0 Å². The molecule has 1 aromatic heterocycles. The fourth-order valence-electron chi connectivity index (χ4n) is 1.92. The van der Waals surface area contributed by atoms with Crippen LogP contribution in [-0.2, 0) is 9.59 Å². The molecule has 1 aliphatic heterocycles. The average Bonchev–Trinajstić information content (AvgIpc) is 2.96. The molecule has 1 aliphatic rings. The molecule has 0 radical (unpaired) electrons. The summed E-state index contributed by atoms with van der Waals surface area (Å²) in [5, 5.41) is 10.9. The molecule has 1 aromatic rings. The van der Waals surface area contributed by atoms with Gasteiger partial charge in [0.15, 0.2) is 0 Å². The summed E-state index contributed by atoms with van der Waals surface area (Å²) in [6.07, 6.45) is 4.49. The Morgan fingerprint density at radius 2 is 2.35 bits per heavy atom. The van der Waals surface area contributed by atoms with Crippen LogP contribution in [-0.4, -0.2) is 34.5 Å². The van der Waals surface area contributed by atoms with Crippen LogP contribution in [0.5, 0.6) is 0 Å². The minimum absolute atomic E-state index is 0.219. The van der Waals surface area contributed by atoms with Crippen molar-refractivity contribution >= 4 is 29.3 Å². The van der Waals surface area contributed by atoms with Crippen LogP contribution in [0.1, 0.15) is 17.7 Å². The largest absolute Gasteiger partial charge is 0.480 e. The Morgan fingerprint density at radius 3 is 3.00 bits per heavy atom. The first-order valence-corrected chi connectivity index (χ1v) is 6.31. The lowest BCUT2D eigenvalue weighted by molar-refractivity contribution is -0.146. The zero-order valence-electron chi connectivity index (χ0n) is 9.20. The predicted molar refractivity (Wildman–Crippen MR) is 65.7 cm³/mol. The maximum atomic E-state index is 11.8. The molecule has 1 atom stereocenters. The average molecular weight is 251 g/mol. The van der Waals surface area contributed by atoms with Gasteiger partial charge in [-0.3, -0.25) is 4.79 Å². The van der Waals surface area contributed by atoms with Gasteiger partial charge in [0, 0.05) is 17.5 Å². The van der Waals surface area contributed by atoms with Crippen LogP contribution in [0.3, 0.4) is 0 Å². The van der Waals surface area contributed by atoms with Crippen molar-refractivity contribution in [1.82, 2.24) is 4.90 Å². The number of aliphatic carboxylic acids is 1. The van der Waals surface area contributed by atoms with Gasteiger partial charge in [0.25, 0.3) is 0 Å². The zero-order valence-corrected chi connectivity index (χ0v) is 10.0. The molecule has 0 unspecified atom stereocenters. The lowest BCUT2D eigenvalue weighted by Gasteiger charge is -2.19. The summed E-state index contributed by atoms with van der Waals surface area (Å²) in [5.74, 6) is -1.14. The Hall–Kier alpha value is -1.62. The van der Waals surface area contributed by atoms with Crippen LogP contribution < -0.4 is 0 Å². The van der Waals surface area contributed by atoms with E-state index < -0.39 is 12.0 Å². The van der Waals surface area contributed by atoms with Gasteiger partial charge >= 0.3 is 5.97 Å². The number of amides is 1. The molecule has 1 amide bonds. The minimum atomic E-state index is -0.916. The number of hydrogen-bond acceptors (Lipinski definition) is 3. The maximum absolute atomic E-state index is 11.8.